The average molecular weight is 551 g/mol. The second-order valence-corrected chi connectivity index (χ2v) is 15.8. The van der Waals surface area contributed by atoms with E-state index in [1.807, 2.05) is 0 Å². The predicted octanol–water partition coefficient (Wildman–Crippen LogP) is 5.24. The Balaban J connectivity index is 1.30. The zero-order chi connectivity index (χ0) is 27.3. The van der Waals surface area contributed by atoms with Crippen LogP contribution in [0.5, 0.6) is 0 Å². The van der Waals surface area contributed by atoms with Gasteiger partial charge >= 0.3 is 5.97 Å². The molecule has 0 aromatic carbocycles. The van der Waals surface area contributed by atoms with Gasteiger partial charge in [0.25, 0.3) is 10.1 Å². The Kier molecular flexibility index (Phi) is 6.46. The summed E-state index contributed by atoms with van der Waals surface area (Å²) < 4.78 is 49.4. The van der Waals surface area contributed by atoms with Crippen molar-refractivity contribution in [2.24, 2.45) is 46.3 Å². The molecule has 7 nitrogen and oxygen atoms in total. The quantitative estimate of drug-likeness (QED) is 0.270. The van der Waals surface area contributed by atoms with E-state index in [4.69, 9.17) is 18.4 Å². The minimum absolute atomic E-state index is 0.0117. The number of fused-ring (bicyclic) bond motifs is 7. The molecule has 5 fully saturated rings. The van der Waals surface area contributed by atoms with E-state index < -0.39 is 22.0 Å². The molecule has 1 spiro atoms. The molecule has 8 heteroatoms. The topological polar surface area (TPSA) is 88.1 Å². The third-order valence-electron chi connectivity index (χ3n) is 11.8. The summed E-state index contributed by atoms with van der Waals surface area (Å²) in [5, 5.41) is 0. The SMILES string of the molecule is CC(=O)O[C@H]1CC[C@@]2(C)C(=CC[C@H]3[C@@H]4C[C@@H]5O[C@]6(C[C@@H](C)CO6)[C@@H](OS(C)(=O)=O)[C@@H](C)[C@@H]5[C@@]4(C)CC[C@@H]32)C1. The van der Waals surface area contributed by atoms with E-state index in [1.54, 1.807) is 0 Å². The molecular formula is C30H46O7S. The molecule has 0 radical (unpaired) electrons. The van der Waals surface area contributed by atoms with Crippen LogP contribution >= 0.6 is 0 Å². The van der Waals surface area contributed by atoms with Crippen LogP contribution in [0.2, 0.25) is 0 Å². The molecule has 0 aromatic rings. The van der Waals surface area contributed by atoms with E-state index in [9.17, 15) is 13.2 Å². The Morgan fingerprint density at radius 2 is 1.89 bits per heavy atom. The summed E-state index contributed by atoms with van der Waals surface area (Å²) >= 11 is 0. The van der Waals surface area contributed by atoms with E-state index in [-0.39, 0.29) is 40.8 Å². The molecule has 0 unspecified atom stereocenters. The zero-order valence-corrected chi connectivity index (χ0v) is 24.7. The van der Waals surface area contributed by atoms with E-state index in [2.05, 4.69) is 33.8 Å². The van der Waals surface area contributed by atoms with Crippen molar-refractivity contribution in [1.29, 1.82) is 0 Å². The maximum absolute atomic E-state index is 12.4. The number of hydrogen-bond donors (Lipinski definition) is 0. The van der Waals surface area contributed by atoms with Crippen molar-refractivity contribution in [2.45, 2.75) is 110 Å². The normalized spacial score (nSPS) is 51.9. The summed E-state index contributed by atoms with van der Waals surface area (Å²) in [6.45, 7) is 11.3. The van der Waals surface area contributed by atoms with Gasteiger partial charge in [-0.3, -0.25) is 8.98 Å². The monoisotopic (exact) mass is 550 g/mol. The molecule has 0 bridgehead atoms. The summed E-state index contributed by atoms with van der Waals surface area (Å²) in [5.74, 6) is 1.13. The molecule has 12 atom stereocenters. The minimum atomic E-state index is -3.67. The number of ether oxygens (including phenoxy) is 3. The highest BCUT2D eigenvalue weighted by Gasteiger charge is 2.68. The second-order valence-electron chi connectivity index (χ2n) is 14.2. The van der Waals surface area contributed by atoms with Crippen molar-refractivity contribution in [3.63, 3.8) is 0 Å². The summed E-state index contributed by atoms with van der Waals surface area (Å²) in [6.07, 6.45) is 11.0. The van der Waals surface area contributed by atoms with Crippen LogP contribution in [0.4, 0.5) is 0 Å². The van der Waals surface area contributed by atoms with Gasteiger partial charge in [0.1, 0.15) is 12.2 Å². The van der Waals surface area contributed by atoms with E-state index >= 15 is 0 Å². The summed E-state index contributed by atoms with van der Waals surface area (Å²) in [6, 6.07) is 0. The number of carbonyl (C=O) groups excluding carboxylic acids is 1. The van der Waals surface area contributed by atoms with Gasteiger partial charge in [-0.25, -0.2) is 0 Å². The number of allylic oxidation sites excluding steroid dienone is 1. The van der Waals surface area contributed by atoms with Gasteiger partial charge < -0.3 is 14.2 Å². The Labute approximate surface area is 228 Å². The van der Waals surface area contributed by atoms with Crippen molar-refractivity contribution in [1.82, 2.24) is 0 Å². The lowest BCUT2D eigenvalue weighted by Gasteiger charge is -2.59. The van der Waals surface area contributed by atoms with Gasteiger partial charge in [0.15, 0.2) is 5.79 Å². The highest BCUT2D eigenvalue weighted by molar-refractivity contribution is 7.86. The third-order valence-corrected chi connectivity index (χ3v) is 12.4. The van der Waals surface area contributed by atoms with E-state index in [0.29, 0.717) is 36.7 Å². The lowest BCUT2D eigenvalue weighted by molar-refractivity contribution is -0.323. The van der Waals surface area contributed by atoms with Crippen LogP contribution < -0.4 is 0 Å². The maximum Gasteiger partial charge on any atom is 0.302 e. The molecule has 0 aromatic heterocycles. The molecule has 6 aliphatic rings. The largest absolute Gasteiger partial charge is 0.462 e. The first-order valence-corrected chi connectivity index (χ1v) is 16.6. The van der Waals surface area contributed by atoms with Crippen molar-refractivity contribution in [3.8, 4) is 0 Å². The van der Waals surface area contributed by atoms with Crippen molar-refractivity contribution in [3.05, 3.63) is 11.6 Å². The Morgan fingerprint density at radius 3 is 2.55 bits per heavy atom. The molecule has 6 rings (SSSR count). The van der Waals surface area contributed by atoms with Gasteiger partial charge in [-0.1, -0.05) is 39.3 Å². The van der Waals surface area contributed by atoms with Gasteiger partial charge in [0.05, 0.1) is 19.0 Å². The van der Waals surface area contributed by atoms with Crippen molar-refractivity contribution in [2.75, 3.05) is 12.9 Å². The fourth-order valence-corrected chi connectivity index (χ4v) is 11.2. The fourth-order valence-electron chi connectivity index (χ4n) is 10.5. The minimum Gasteiger partial charge on any atom is -0.462 e. The van der Waals surface area contributed by atoms with Gasteiger partial charge in [0, 0.05) is 19.8 Å². The Morgan fingerprint density at radius 1 is 1.13 bits per heavy atom. The molecule has 3 saturated carbocycles. The lowest BCUT2D eigenvalue weighted by atomic mass is 9.46. The van der Waals surface area contributed by atoms with E-state index in [1.165, 1.54) is 18.9 Å². The molecule has 4 aliphatic carbocycles. The van der Waals surface area contributed by atoms with Crippen molar-refractivity contribution < 1.29 is 31.6 Å². The highest BCUT2D eigenvalue weighted by Crippen LogP contribution is 2.69. The molecule has 214 valence electrons. The first kappa shape index (κ1) is 27.2. The summed E-state index contributed by atoms with van der Waals surface area (Å²) in [7, 11) is -3.67. The fraction of sp³-hybridized carbons (Fsp3) is 0.900. The van der Waals surface area contributed by atoms with E-state index in [0.717, 1.165) is 44.8 Å². The van der Waals surface area contributed by atoms with Gasteiger partial charge in [-0.2, -0.15) is 8.42 Å². The highest BCUT2D eigenvalue weighted by atomic mass is 32.2. The number of esters is 1. The first-order valence-electron chi connectivity index (χ1n) is 14.8. The molecule has 38 heavy (non-hydrogen) atoms. The molecular weight excluding hydrogens is 504 g/mol. The standard InChI is InChI=1S/C30H46O7S/c1-17-15-30(34-16-17)27(37-38(6,32)33)18(2)26-25(36-30)14-24-22-8-7-20-13-21(35-19(3)31)9-11-28(20,4)23(22)10-12-29(24,26)5/h7,17-18,21-27H,8-16H2,1-6H3/t17-,18+,21+,22-,23+,24+,25+,26+,27+,28+,29+,30-/m1/s1. The Hall–Kier alpha value is -0.960. The van der Waals surface area contributed by atoms with Crippen LogP contribution in [0.3, 0.4) is 0 Å². The van der Waals surface area contributed by atoms with Crippen LogP contribution in [0.1, 0.15) is 86.0 Å². The van der Waals surface area contributed by atoms with Crippen LogP contribution in [-0.2, 0) is 33.3 Å². The Bertz CT molecular complexity index is 1120. The van der Waals surface area contributed by atoms with Gasteiger partial charge in [-0.15, -0.1) is 0 Å². The molecule has 2 saturated heterocycles. The van der Waals surface area contributed by atoms with Gasteiger partial charge in [-0.05, 0) is 84.9 Å². The third kappa shape index (κ3) is 4.14. The molecule has 0 amide bonds. The van der Waals surface area contributed by atoms with Crippen LogP contribution in [0.15, 0.2) is 11.6 Å². The first-order chi connectivity index (χ1) is 17.8. The maximum atomic E-state index is 12.4. The van der Waals surface area contributed by atoms with Gasteiger partial charge in [0.2, 0.25) is 0 Å². The number of hydrogen-bond acceptors (Lipinski definition) is 7. The second kappa shape index (κ2) is 9.02. The zero-order valence-electron chi connectivity index (χ0n) is 23.9. The number of carbonyl (C=O) groups is 1. The summed E-state index contributed by atoms with van der Waals surface area (Å²) in [4.78, 5) is 11.6. The summed E-state index contributed by atoms with van der Waals surface area (Å²) in [5.41, 5.74) is 1.73. The lowest BCUT2D eigenvalue weighted by Crippen LogP contribution is -2.61. The molecule has 0 N–H and O–H groups in total. The molecule has 2 aliphatic heterocycles. The van der Waals surface area contributed by atoms with Crippen LogP contribution in [-0.4, -0.2) is 51.3 Å². The van der Waals surface area contributed by atoms with Crippen LogP contribution in [0, 0.1) is 46.3 Å². The number of rotatable bonds is 3. The predicted molar refractivity (Wildman–Crippen MR) is 142 cm³/mol. The smallest absolute Gasteiger partial charge is 0.302 e. The van der Waals surface area contributed by atoms with Crippen LogP contribution in [0.25, 0.3) is 0 Å². The molecule has 2 heterocycles. The van der Waals surface area contributed by atoms with Crippen molar-refractivity contribution >= 4 is 16.1 Å². The average Bonchev–Trinajstić information content (AvgIpc) is 3.33.